The number of benzene rings is 1. The lowest BCUT2D eigenvalue weighted by Crippen LogP contribution is -2.14. The molecule has 0 saturated carbocycles. The molecule has 5 nitrogen and oxygen atoms in total. The highest BCUT2D eigenvalue weighted by Gasteiger charge is 2.11. The number of halogens is 1. The third-order valence-corrected chi connectivity index (χ3v) is 3.19. The molecule has 0 radical (unpaired) electrons. The Balaban J connectivity index is 2.20. The average Bonchev–Trinajstić information content (AvgIpc) is 2.76. The second-order valence-electron chi connectivity index (χ2n) is 4.23. The highest BCUT2D eigenvalue weighted by Crippen LogP contribution is 2.29. The molecule has 0 bridgehead atoms. The van der Waals surface area contributed by atoms with Gasteiger partial charge in [-0.1, -0.05) is 11.6 Å². The van der Waals surface area contributed by atoms with Crippen molar-refractivity contribution in [2.24, 2.45) is 7.05 Å². The average molecular weight is 276 g/mol. The van der Waals surface area contributed by atoms with Gasteiger partial charge in [-0.2, -0.15) is 0 Å². The molecule has 1 aromatic carbocycles. The largest absolute Gasteiger partial charge is 0.436 e. The molecule has 2 N–H and O–H groups in total. The molecule has 0 aliphatic rings. The lowest BCUT2D eigenvalue weighted by atomic mass is 10.2. The monoisotopic (exact) mass is 275 g/mol. The van der Waals surface area contributed by atoms with Crippen molar-refractivity contribution < 1.29 is 4.42 Å². The van der Waals surface area contributed by atoms with E-state index < -0.39 is 0 Å². The number of nitrogens with two attached hydrogens (primary N) is 1. The van der Waals surface area contributed by atoms with E-state index in [2.05, 4.69) is 4.98 Å². The molecule has 0 aliphatic carbocycles. The molecule has 0 spiro atoms. The third-order valence-electron chi connectivity index (χ3n) is 2.86. The van der Waals surface area contributed by atoms with Gasteiger partial charge in [0.25, 0.3) is 5.56 Å². The number of hydrogen-bond acceptors (Lipinski definition) is 4. The van der Waals surface area contributed by atoms with Crippen LogP contribution in [0.15, 0.2) is 39.7 Å². The van der Waals surface area contributed by atoms with Crippen LogP contribution in [0, 0.1) is 0 Å². The van der Waals surface area contributed by atoms with Crippen molar-refractivity contribution in [2.45, 2.75) is 0 Å². The molecule has 2 aromatic heterocycles. The van der Waals surface area contributed by atoms with E-state index in [9.17, 15) is 4.79 Å². The number of oxazole rings is 1. The minimum atomic E-state index is -0.127. The van der Waals surface area contributed by atoms with E-state index in [1.807, 2.05) is 0 Å². The van der Waals surface area contributed by atoms with Crippen LogP contribution in [0.1, 0.15) is 0 Å². The first-order chi connectivity index (χ1) is 9.04. The Kier molecular flexibility index (Phi) is 2.57. The number of nitrogen functional groups attached to an aromatic ring is 1. The Morgan fingerprint density at radius 3 is 2.89 bits per heavy atom. The summed E-state index contributed by atoms with van der Waals surface area (Å²) in [6.07, 6.45) is 1.66. The first kappa shape index (κ1) is 11.8. The van der Waals surface area contributed by atoms with E-state index in [-0.39, 0.29) is 5.56 Å². The number of nitrogens with zero attached hydrogens (tertiary/aromatic N) is 2. The van der Waals surface area contributed by atoms with Gasteiger partial charge in [0.1, 0.15) is 5.52 Å². The van der Waals surface area contributed by atoms with E-state index in [1.54, 1.807) is 31.4 Å². The Labute approximate surface area is 113 Å². The number of pyridine rings is 1. The van der Waals surface area contributed by atoms with Crippen LogP contribution in [-0.4, -0.2) is 9.55 Å². The number of fused-ring (bicyclic) bond motifs is 1. The second-order valence-corrected chi connectivity index (χ2v) is 4.63. The fourth-order valence-corrected chi connectivity index (χ4v) is 1.93. The molecule has 0 amide bonds. The SMILES string of the molecule is Cn1ccc(-c2nc3cc(Cl)c(N)cc3o2)cc1=O. The fraction of sp³-hybridized carbons (Fsp3) is 0.0769. The van der Waals surface area contributed by atoms with Gasteiger partial charge in [-0.05, 0) is 12.1 Å². The van der Waals surface area contributed by atoms with Crippen LogP contribution >= 0.6 is 11.6 Å². The lowest BCUT2D eigenvalue weighted by Gasteiger charge is -1.97. The summed E-state index contributed by atoms with van der Waals surface area (Å²) >= 11 is 5.93. The number of aryl methyl sites for hydroxylation is 1. The number of aromatic nitrogens is 2. The first-order valence-electron chi connectivity index (χ1n) is 5.57. The van der Waals surface area contributed by atoms with Gasteiger partial charge in [-0.3, -0.25) is 4.79 Å². The van der Waals surface area contributed by atoms with Crippen molar-refractivity contribution in [3.63, 3.8) is 0 Å². The predicted molar refractivity (Wildman–Crippen MR) is 74.1 cm³/mol. The maximum atomic E-state index is 11.6. The van der Waals surface area contributed by atoms with Crippen LogP contribution in [0.2, 0.25) is 5.02 Å². The van der Waals surface area contributed by atoms with E-state index in [4.69, 9.17) is 21.8 Å². The summed E-state index contributed by atoms with van der Waals surface area (Å²) in [4.78, 5) is 15.9. The minimum absolute atomic E-state index is 0.127. The Hall–Kier alpha value is -2.27. The molecule has 0 saturated heterocycles. The standard InChI is InChI=1S/C13H10ClN3O2/c1-17-3-2-7(4-12(17)18)13-16-10-5-8(14)9(15)6-11(10)19-13/h2-6H,15H2,1H3. The highest BCUT2D eigenvalue weighted by molar-refractivity contribution is 6.33. The zero-order valence-electron chi connectivity index (χ0n) is 10.1. The van der Waals surface area contributed by atoms with Gasteiger partial charge in [0.2, 0.25) is 5.89 Å². The van der Waals surface area contributed by atoms with Crippen molar-refractivity contribution in [2.75, 3.05) is 5.73 Å². The maximum absolute atomic E-state index is 11.6. The van der Waals surface area contributed by atoms with E-state index in [0.717, 1.165) is 0 Å². The van der Waals surface area contributed by atoms with Crippen molar-refractivity contribution in [1.82, 2.24) is 9.55 Å². The third kappa shape index (κ3) is 1.98. The summed E-state index contributed by atoms with van der Waals surface area (Å²) in [5, 5.41) is 0.427. The summed E-state index contributed by atoms with van der Waals surface area (Å²) < 4.78 is 7.06. The van der Waals surface area contributed by atoms with Gasteiger partial charge >= 0.3 is 0 Å². The van der Waals surface area contributed by atoms with Gasteiger partial charge in [0, 0.05) is 30.9 Å². The maximum Gasteiger partial charge on any atom is 0.251 e. The molecule has 0 unspecified atom stereocenters. The van der Waals surface area contributed by atoms with Crippen molar-refractivity contribution in [3.05, 3.63) is 45.8 Å². The molecule has 6 heteroatoms. The summed E-state index contributed by atoms with van der Waals surface area (Å²) in [5.41, 5.74) is 7.77. The van der Waals surface area contributed by atoms with Gasteiger partial charge in [-0.15, -0.1) is 0 Å². The van der Waals surface area contributed by atoms with E-state index >= 15 is 0 Å². The van der Waals surface area contributed by atoms with Crippen LogP contribution in [0.5, 0.6) is 0 Å². The number of anilines is 1. The van der Waals surface area contributed by atoms with Crippen molar-refractivity contribution in [1.29, 1.82) is 0 Å². The molecule has 0 aliphatic heterocycles. The lowest BCUT2D eigenvalue weighted by molar-refractivity contribution is 0.619. The van der Waals surface area contributed by atoms with E-state index in [1.165, 1.54) is 10.6 Å². The molecular formula is C13H10ClN3O2. The zero-order valence-corrected chi connectivity index (χ0v) is 10.8. The van der Waals surface area contributed by atoms with Crippen LogP contribution < -0.4 is 11.3 Å². The molecule has 96 valence electrons. The number of rotatable bonds is 1. The quantitative estimate of drug-likeness (QED) is 0.692. The van der Waals surface area contributed by atoms with Gasteiger partial charge in [0.05, 0.1) is 10.7 Å². The molecule has 3 rings (SSSR count). The van der Waals surface area contributed by atoms with Crippen molar-refractivity contribution in [3.8, 4) is 11.5 Å². The fourth-order valence-electron chi connectivity index (χ4n) is 1.77. The second kappa shape index (κ2) is 4.13. The highest BCUT2D eigenvalue weighted by atomic mass is 35.5. The molecule has 19 heavy (non-hydrogen) atoms. The predicted octanol–water partition coefficient (Wildman–Crippen LogP) is 2.43. The summed E-state index contributed by atoms with van der Waals surface area (Å²) in [7, 11) is 1.68. The molecule has 3 aromatic rings. The summed E-state index contributed by atoms with van der Waals surface area (Å²) in [6, 6.07) is 6.49. The van der Waals surface area contributed by atoms with Crippen molar-refractivity contribution >= 4 is 28.4 Å². The molecule has 0 atom stereocenters. The normalized spacial score (nSPS) is 11.1. The van der Waals surface area contributed by atoms with Crippen LogP contribution in [0.4, 0.5) is 5.69 Å². The topological polar surface area (TPSA) is 74.1 Å². The number of hydrogen-bond donors (Lipinski definition) is 1. The summed E-state index contributed by atoms with van der Waals surface area (Å²) in [5.74, 6) is 0.370. The van der Waals surface area contributed by atoms with Crippen LogP contribution in [0.25, 0.3) is 22.6 Å². The zero-order chi connectivity index (χ0) is 13.6. The Morgan fingerprint density at radius 2 is 2.16 bits per heavy atom. The van der Waals surface area contributed by atoms with Gasteiger partial charge < -0.3 is 14.7 Å². The first-order valence-corrected chi connectivity index (χ1v) is 5.95. The van der Waals surface area contributed by atoms with Crippen LogP contribution in [-0.2, 0) is 7.05 Å². The molecule has 2 heterocycles. The summed E-state index contributed by atoms with van der Waals surface area (Å²) in [6.45, 7) is 0. The minimum Gasteiger partial charge on any atom is -0.436 e. The Morgan fingerprint density at radius 1 is 1.37 bits per heavy atom. The smallest absolute Gasteiger partial charge is 0.251 e. The van der Waals surface area contributed by atoms with Crippen LogP contribution in [0.3, 0.4) is 0 Å². The Bertz CT molecular complexity index is 797. The van der Waals surface area contributed by atoms with Gasteiger partial charge in [-0.25, -0.2) is 4.98 Å². The van der Waals surface area contributed by atoms with Gasteiger partial charge in [0.15, 0.2) is 5.58 Å². The molecule has 0 fully saturated rings. The molecular weight excluding hydrogens is 266 g/mol. The van der Waals surface area contributed by atoms with E-state index in [0.29, 0.717) is 33.3 Å².